The van der Waals surface area contributed by atoms with E-state index >= 15 is 0 Å². The molecule has 0 aliphatic carbocycles. The van der Waals surface area contributed by atoms with Crippen molar-refractivity contribution in [3.63, 3.8) is 0 Å². The molecule has 1 aromatic heterocycles. The van der Waals surface area contributed by atoms with E-state index in [9.17, 15) is 9.90 Å². The van der Waals surface area contributed by atoms with Gasteiger partial charge >= 0.3 is 0 Å². The molecule has 0 aliphatic rings. The molecule has 124 valence electrons. The van der Waals surface area contributed by atoms with Crippen LogP contribution in [-0.2, 0) is 11.3 Å². The van der Waals surface area contributed by atoms with E-state index in [0.717, 1.165) is 28.7 Å². The van der Waals surface area contributed by atoms with Crippen molar-refractivity contribution >= 4 is 28.2 Å². The van der Waals surface area contributed by atoms with Crippen molar-refractivity contribution in [2.75, 3.05) is 17.6 Å². The molecule has 3 aromatic rings. The van der Waals surface area contributed by atoms with Crippen LogP contribution in [0.5, 0.6) is 5.75 Å². The summed E-state index contributed by atoms with van der Waals surface area (Å²) in [5.74, 6) is -0.0264. The molecule has 0 fully saturated rings. The first-order valence-electron chi connectivity index (χ1n) is 7.76. The van der Waals surface area contributed by atoms with Gasteiger partial charge in [0.1, 0.15) is 5.75 Å². The van der Waals surface area contributed by atoms with E-state index in [0.29, 0.717) is 11.4 Å². The number of aromatic nitrogens is 1. The lowest BCUT2D eigenvalue weighted by Crippen LogP contribution is -2.21. The monoisotopic (exact) mass is 324 g/mol. The summed E-state index contributed by atoms with van der Waals surface area (Å²) in [4.78, 5) is 11.4. The predicted octanol–water partition coefficient (Wildman–Crippen LogP) is 2.51. The van der Waals surface area contributed by atoms with E-state index in [-0.39, 0.29) is 18.2 Å². The fraction of sp³-hybridized carbons (Fsp3) is 0.167. The van der Waals surface area contributed by atoms with Crippen LogP contribution in [0.3, 0.4) is 0 Å². The number of nitrogens with zero attached hydrogens (tertiary/aromatic N) is 1. The second-order valence-electron chi connectivity index (χ2n) is 5.54. The Morgan fingerprint density at radius 2 is 1.92 bits per heavy atom. The van der Waals surface area contributed by atoms with Gasteiger partial charge in [-0.15, -0.1) is 0 Å². The molecule has 1 heterocycles. The number of phenols is 1. The fourth-order valence-corrected chi connectivity index (χ4v) is 2.93. The quantitative estimate of drug-likeness (QED) is 0.591. The highest BCUT2D eigenvalue weighted by molar-refractivity contribution is 6.01. The molecule has 0 saturated heterocycles. The minimum Gasteiger partial charge on any atom is -0.508 e. The molecule has 0 saturated carbocycles. The number of nitrogen functional groups attached to an aromatic ring is 1. The number of carbonyl (C=O) groups excluding carboxylic acids is 1. The Bertz CT molecular complexity index is 898. The fourth-order valence-electron chi connectivity index (χ4n) is 2.93. The maximum Gasteiger partial charge on any atom is 0.238 e. The number of rotatable bonds is 4. The summed E-state index contributed by atoms with van der Waals surface area (Å²) in [6.45, 7) is 2.70. The minimum absolute atomic E-state index is 0.0533. The summed E-state index contributed by atoms with van der Waals surface area (Å²) in [6.07, 6.45) is 0. The number of fused-ring (bicyclic) bond motifs is 1. The van der Waals surface area contributed by atoms with Crippen molar-refractivity contribution in [3.8, 4) is 17.0 Å². The van der Waals surface area contributed by atoms with Crippen molar-refractivity contribution in [2.45, 2.75) is 13.5 Å². The summed E-state index contributed by atoms with van der Waals surface area (Å²) >= 11 is 0. The number of nitrogens with one attached hydrogen (secondary N) is 1. The van der Waals surface area contributed by atoms with Crippen LogP contribution in [0.2, 0.25) is 0 Å². The average molecular weight is 324 g/mol. The third-order valence-corrected chi connectivity index (χ3v) is 4.03. The van der Waals surface area contributed by atoms with Gasteiger partial charge in [-0.2, -0.15) is 0 Å². The van der Waals surface area contributed by atoms with Crippen LogP contribution in [0.25, 0.3) is 22.2 Å². The number of nitrogens with two attached hydrogens (primary N) is 2. The summed E-state index contributed by atoms with van der Waals surface area (Å²) < 4.78 is 2.07. The smallest absolute Gasteiger partial charge is 0.238 e. The Kier molecular flexibility index (Phi) is 4.14. The van der Waals surface area contributed by atoms with E-state index in [1.54, 1.807) is 12.1 Å². The van der Waals surface area contributed by atoms with Crippen molar-refractivity contribution in [1.82, 2.24) is 4.57 Å². The number of amides is 1. The Morgan fingerprint density at radius 1 is 1.21 bits per heavy atom. The van der Waals surface area contributed by atoms with E-state index in [1.165, 1.54) is 0 Å². The Balaban J connectivity index is 2.09. The number of hydrogen-bond donors (Lipinski definition) is 4. The first-order chi connectivity index (χ1) is 11.5. The van der Waals surface area contributed by atoms with Gasteiger partial charge in [-0.05, 0) is 31.2 Å². The van der Waals surface area contributed by atoms with Gasteiger partial charge in [0.25, 0.3) is 0 Å². The number of aryl methyl sites for hydroxylation is 1. The molecule has 0 aliphatic heterocycles. The molecular formula is C18H20N4O2. The minimum atomic E-state index is -0.236. The maximum absolute atomic E-state index is 11.4. The summed E-state index contributed by atoms with van der Waals surface area (Å²) in [7, 11) is 0. The van der Waals surface area contributed by atoms with Crippen LogP contribution in [0.4, 0.5) is 11.4 Å². The lowest BCUT2D eigenvalue weighted by molar-refractivity contribution is -0.114. The number of benzene rings is 2. The van der Waals surface area contributed by atoms with Gasteiger partial charge < -0.3 is 26.5 Å². The lowest BCUT2D eigenvalue weighted by Gasteiger charge is -2.10. The zero-order valence-electron chi connectivity index (χ0n) is 13.4. The zero-order chi connectivity index (χ0) is 17.3. The van der Waals surface area contributed by atoms with Gasteiger partial charge in [0.05, 0.1) is 23.4 Å². The topological polar surface area (TPSA) is 106 Å². The average Bonchev–Trinajstić information content (AvgIpc) is 2.86. The van der Waals surface area contributed by atoms with Gasteiger partial charge in [0.15, 0.2) is 0 Å². The number of hydrogen-bond acceptors (Lipinski definition) is 4. The standard InChI is InChI=1S/C18H20N4O2/c1-2-22-15-9-13(23)7-8-14(15)17(20)18(22)11-3-5-12(6-4-11)21-16(24)10-19/h3-9,23H,2,10,19-20H2,1H3,(H,21,24). The van der Waals surface area contributed by atoms with Gasteiger partial charge in [-0.3, -0.25) is 4.79 Å². The molecule has 6 N–H and O–H groups in total. The van der Waals surface area contributed by atoms with E-state index in [1.807, 2.05) is 37.3 Å². The molecule has 0 unspecified atom stereocenters. The van der Waals surface area contributed by atoms with Crippen molar-refractivity contribution in [1.29, 1.82) is 0 Å². The largest absolute Gasteiger partial charge is 0.508 e. The molecule has 2 aromatic carbocycles. The highest BCUT2D eigenvalue weighted by Crippen LogP contribution is 2.37. The molecule has 0 bridgehead atoms. The second-order valence-corrected chi connectivity index (χ2v) is 5.54. The molecular weight excluding hydrogens is 304 g/mol. The number of carbonyl (C=O) groups is 1. The van der Waals surface area contributed by atoms with Gasteiger partial charge in [0, 0.05) is 29.2 Å². The SMILES string of the molecule is CCn1c(-c2ccc(NC(=O)CN)cc2)c(N)c2ccc(O)cc21. The summed E-state index contributed by atoms with van der Waals surface area (Å²) in [6, 6.07) is 12.6. The second kappa shape index (κ2) is 6.25. The molecule has 0 spiro atoms. The number of phenolic OH excluding ortho intramolecular Hbond substituents is 1. The zero-order valence-corrected chi connectivity index (χ0v) is 13.4. The molecule has 3 rings (SSSR count). The van der Waals surface area contributed by atoms with Crippen molar-refractivity contribution in [2.24, 2.45) is 5.73 Å². The van der Waals surface area contributed by atoms with E-state index in [4.69, 9.17) is 11.5 Å². The van der Waals surface area contributed by atoms with E-state index in [2.05, 4.69) is 9.88 Å². The first kappa shape index (κ1) is 15.9. The van der Waals surface area contributed by atoms with Crippen molar-refractivity contribution < 1.29 is 9.90 Å². The van der Waals surface area contributed by atoms with E-state index < -0.39 is 0 Å². The molecule has 1 amide bonds. The molecule has 0 atom stereocenters. The highest BCUT2D eigenvalue weighted by atomic mass is 16.3. The van der Waals surface area contributed by atoms with Crippen LogP contribution >= 0.6 is 0 Å². The third kappa shape index (κ3) is 2.68. The number of aromatic hydroxyl groups is 1. The Hall–Kier alpha value is -2.99. The Labute approximate surface area is 139 Å². The molecule has 0 radical (unpaired) electrons. The van der Waals surface area contributed by atoms with Gasteiger partial charge in [-0.1, -0.05) is 12.1 Å². The predicted molar refractivity (Wildman–Crippen MR) is 96.8 cm³/mol. The summed E-state index contributed by atoms with van der Waals surface area (Å²) in [5, 5.41) is 13.4. The van der Waals surface area contributed by atoms with Crippen LogP contribution in [-0.4, -0.2) is 22.1 Å². The van der Waals surface area contributed by atoms with Crippen LogP contribution in [0, 0.1) is 0 Å². The number of anilines is 2. The molecule has 24 heavy (non-hydrogen) atoms. The van der Waals surface area contributed by atoms with Crippen molar-refractivity contribution in [3.05, 3.63) is 42.5 Å². The maximum atomic E-state index is 11.4. The van der Waals surface area contributed by atoms with Crippen LogP contribution < -0.4 is 16.8 Å². The Morgan fingerprint density at radius 3 is 2.54 bits per heavy atom. The molecule has 6 heteroatoms. The lowest BCUT2D eigenvalue weighted by atomic mass is 10.1. The van der Waals surface area contributed by atoms with Gasteiger partial charge in [0.2, 0.25) is 5.91 Å². The van der Waals surface area contributed by atoms with Crippen LogP contribution in [0.1, 0.15) is 6.92 Å². The van der Waals surface area contributed by atoms with Crippen LogP contribution in [0.15, 0.2) is 42.5 Å². The third-order valence-electron chi connectivity index (χ3n) is 4.03. The molecule has 6 nitrogen and oxygen atoms in total. The summed E-state index contributed by atoms with van der Waals surface area (Å²) in [5.41, 5.74) is 15.7. The van der Waals surface area contributed by atoms with Gasteiger partial charge in [-0.25, -0.2) is 0 Å². The first-order valence-corrected chi connectivity index (χ1v) is 7.76. The highest BCUT2D eigenvalue weighted by Gasteiger charge is 2.16. The normalized spacial score (nSPS) is 10.9.